The highest BCUT2D eigenvalue weighted by molar-refractivity contribution is 5.96. The van der Waals surface area contributed by atoms with E-state index in [1.54, 1.807) is 7.11 Å². The maximum atomic E-state index is 13.8. The number of amides is 1. The molecule has 1 saturated heterocycles. The predicted octanol–water partition coefficient (Wildman–Crippen LogP) is 4.58. The van der Waals surface area contributed by atoms with Crippen LogP contribution < -0.4 is 14.4 Å². The van der Waals surface area contributed by atoms with E-state index in [1.165, 1.54) is 11.0 Å². The Labute approximate surface area is 173 Å². The smallest absolute Gasteiger partial charge is 0.274 e. The summed E-state index contributed by atoms with van der Waals surface area (Å²) in [7, 11) is 1.59. The van der Waals surface area contributed by atoms with Gasteiger partial charge in [-0.05, 0) is 49.4 Å². The van der Waals surface area contributed by atoms with E-state index >= 15 is 0 Å². The van der Waals surface area contributed by atoms with E-state index in [4.69, 9.17) is 9.47 Å². The Hall–Kier alpha value is -3.16. The van der Waals surface area contributed by atoms with Crippen molar-refractivity contribution >= 4 is 17.3 Å². The van der Waals surface area contributed by atoms with Crippen molar-refractivity contribution in [2.75, 3.05) is 18.6 Å². The lowest BCUT2D eigenvalue weighted by atomic mass is 9.98. The van der Waals surface area contributed by atoms with Crippen molar-refractivity contribution in [3.05, 3.63) is 57.9 Å². The fourth-order valence-electron chi connectivity index (χ4n) is 4.23. The van der Waals surface area contributed by atoms with E-state index in [-0.39, 0.29) is 35.7 Å². The van der Waals surface area contributed by atoms with Gasteiger partial charge in [0.1, 0.15) is 5.82 Å². The third kappa shape index (κ3) is 4.08. The monoisotopic (exact) mass is 414 g/mol. The highest BCUT2D eigenvalue weighted by atomic mass is 19.1. The number of nitro groups is 1. The molecule has 1 amide bonds. The van der Waals surface area contributed by atoms with Gasteiger partial charge in [-0.1, -0.05) is 6.07 Å². The number of methoxy groups -OCH3 is 1. The molecule has 1 heterocycles. The van der Waals surface area contributed by atoms with Crippen molar-refractivity contribution < 1.29 is 23.6 Å². The molecule has 4 rings (SSSR count). The van der Waals surface area contributed by atoms with Gasteiger partial charge in [-0.2, -0.15) is 0 Å². The zero-order valence-corrected chi connectivity index (χ0v) is 16.7. The Morgan fingerprint density at radius 2 is 1.90 bits per heavy atom. The summed E-state index contributed by atoms with van der Waals surface area (Å²) in [6.07, 6.45) is 4.74. The first kappa shape index (κ1) is 20.1. The number of carbonyl (C=O) groups excluding carboxylic acids is 1. The van der Waals surface area contributed by atoms with Crippen molar-refractivity contribution in [2.24, 2.45) is 0 Å². The third-order valence-corrected chi connectivity index (χ3v) is 5.77. The van der Waals surface area contributed by atoms with E-state index < -0.39 is 10.7 Å². The van der Waals surface area contributed by atoms with E-state index in [0.717, 1.165) is 43.4 Å². The maximum Gasteiger partial charge on any atom is 0.274 e. The Morgan fingerprint density at radius 3 is 2.60 bits per heavy atom. The van der Waals surface area contributed by atoms with Crippen molar-refractivity contribution in [1.29, 1.82) is 0 Å². The average molecular weight is 414 g/mol. The summed E-state index contributed by atoms with van der Waals surface area (Å²) in [5.41, 5.74) is 0.744. The molecule has 2 fully saturated rings. The van der Waals surface area contributed by atoms with E-state index in [1.807, 2.05) is 18.2 Å². The zero-order chi connectivity index (χ0) is 21.3. The number of non-ortho nitro benzene ring substituents is 1. The van der Waals surface area contributed by atoms with Crippen LogP contribution in [0.3, 0.4) is 0 Å². The second-order valence-electron chi connectivity index (χ2n) is 7.76. The van der Waals surface area contributed by atoms with Crippen LogP contribution >= 0.6 is 0 Å². The summed E-state index contributed by atoms with van der Waals surface area (Å²) in [5.74, 6) is 0.236. The normalized spacial score (nSPS) is 19.3. The molecular formula is C22H23FN2O5. The van der Waals surface area contributed by atoms with Crippen LogP contribution in [0.4, 0.5) is 15.8 Å². The van der Waals surface area contributed by atoms with E-state index in [9.17, 15) is 19.3 Å². The molecular weight excluding hydrogens is 391 g/mol. The van der Waals surface area contributed by atoms with Crippen molar-refractivity contribution in [1.82, 2.24) is 0 Å². The lowest BCUT2D eigenvalue weighted by Gasteiger charge is -2.19. The topological polar surface area (TPSA) is 81.9 Å². The second kappa shape index (κ2) is 8.30. The van der Waals surface area contributed by atoms with Gasteiger partial charge in [-0.3, -0.25) is 14.9 Å². The number of nitrogens with zero attached hydrogens (tertiary/aromatic N) is 2. The number of halogens is 1. The number of rotatable bonds is 6. The number of benzene rings is 2. The minimum atomic E-state index is -0.743. The van der Waals surface area contributed by atoms with Crippen molar-refractivity contribution in [3.63, 3.8) is 0 Å². The summed E-state index contributed by atoms with van der Waals surface area (Å²) < 4.78 is 25.4. The first-order valence-corrected chi connectivity index (χ1v) is 10.0. The Kier molecular flexibility index (Phi) is 5.57. The van der Waals surface area contributed by atoms with Gasteiger partial charge >= 0.3 is 0 Å². The van der Waals surface area contributed by atoms with Crippen LogP contribution in [0.15, 0.2) is 36.4 Å². The highest BCUT2D eigenvalue weighted by Gasteiger charge is 2.33. The molecule has 158 valence electrons. The molecule has 7 nitrogen and oxygen atoms in total. The molecule has 0 aromatic heterocycles. The minimum absolute atomic E-state index is 0.128. The van der Waals surface area contributed by atoms with E-state index in [0.29, 0.717) is 18.0 Å². The molecule has 0 unspecified atom stereocenters. The number of hydrogen-bond donors (Lipinski definition) is 0. The Balaban J connectivity index is 1.57. The highest BCUT2D eigenvalue weighted by Crippen LogP contribution is 2.38. The number of hydrogen-bond acceptors (Lipinski definition) is 5. The van der Waals surface area contributed by atoms with Crippen molar-refractivity contribution in [3.8, 4) is 11.5 Å². The molecule has 0 radical (unpaired) electrons. The van der Waals surface area contributed by atoms with Crippen LogP contribution in [-0.4, -0.2) is 30.6 Å². The van der Waals surface area contributed by atoms with Crippen LogP contribution in [0.1, 0.15) is 43.6 Å². The van der Waals surface area contributed by atoms with Gasteiger partial charge in [0.2, 0.25) is 5.91 Å². The first-order chi connectivity index (χ1) is 14.4. The molecule has 1 aliphatic heterocycles. The summed E-state index contributed by atoms with van der Waals surface area (Å²) in [6, 6.07) is 8.86. The largest absolute Gasteiger partial charge is 0.493 e. The fraction of sp³-hybridized carbons (Fsp3) is 0.409. The summed E-state index contributed by atoms with van der Waals surface area (Å²) in [4.78, 5) is 24.4. The first-order valence-electron chi connectivity index (χ1n) is 10.0. The van der Waals surface area contributed by atoms with Gasteiger partial charge in [-0.15, -0.1) is 0 Å². The van der Waals surface area contributed by atoms with Crippen LogP contribution in [-0.2, 0) is 4.79 Å². The van der Waals surface area contributed by atoms with Gasteiger partial charge in [0, 0.05) is 24.9 Å². The number of ether oxygens (including phenoxy) is 2. The molecule has 0 N–H and O–H groups in total. The number of nitro benzene ring substituents is 1. The van der Waals surface area contributed by atoms with Gasteiger partial charge in [0.05, 0.1) is 29.9 Å². The summed E-state index contributed by atoms with van der Waals surface area (Å²) in [6.45, 7) is 0.314. The maximum absolute atomic E-state index is 13.8. The van der Waals surface area contributed by atoms with Crippen LogP contribution in [0.25, 0.3) is 0 Å². The van der Waals surface area contributed by atoms with Crippen LogP contribution in [0.2, 0.25) is 0 Å². The molecule has 0 bridgehead atoms. The van der Waals surface area contributed by atoms with Gasteiger partial charge in [-0.25, -0.2) is 4.39 Å². The summed E-state index contributed by atoms with van der Waals surface area (Å²) in [5, 5.41) is 11.0. The predicted molar refractivity (Wildman–Crippen MR) is 109 cm³/mol. The Bertz CT molecular complexity index is 974. The fourth-order valence-corrected chi connectivity index (χ4v) is 4.23. The molecule has 8 heteroatoms. The third-order valence-electron chi connectivity index (χ3n) is 5.77. The molecule has 0 spiro atoms. The van der Waals surface area contributed by atoms with E-state index in [2.05, 4.69) is 0 Å². The quantitative estimate of drug-likeness (QED) is 0.510. The van der Waals surface area contributed by atoms with Crippen LogP contribution in [0, 0.1) is 15.9 Å². The molecule has 2 aliphatic rings. The molecule has 1 saturated carbocycles. The molecule has 2 aromatic rings. The van der Waals surface area contributed by atoms with Crippen LogP contribution in [0.5, 0.6) is 11.5 Å². The Morgan fingerprint density at radius 1 is 1.13 bits per heavy atom. The second-order valence-corrected chi connectivity index (χ2v) is 7.76. The lowest BCUT2D eigenvalue weighted by molar-refractivity contribution is -0.385. The van der Waals surface area contributed by atoms with Crippen molar-refractivity contribution in [2.45, 2.75) is 44.1 Å². The van der Waals surface area contributed by atoms with Gasteiger partial charge < -0.3 is 14.4 Å². The minimum Gasteiger partial charge on any atom is -0.493 e. The SMILES string of the molecule is COc1ccc([C@H]2CC(=O)N(c3cc(F)cc([N+](=O)[O-])c3)C2)cc1OC1CCCC1. The van der Waals surface area contributed by atoms with Gasteiger partial charge in [0.25, 0.3) is 5.69 Å². The molecule has 1 aliphatic carbocycles. The number of carbonyl (C=O) groups is 1. The summed E-state index contributed by atoms with van der Waals surface area (Å²) >= 11 is 0. The van der Waals surface area contributed by atoms with Gasteiger partial charge in [0.15, 0.2) is 11.5 Å². The lowest BCUT2D eigenvalue weighted by Crippen LogP contribution is -2.24. The average Bonchev–Trinajstić information content (AvgIpc) is 3.37. The molecule has 2 aromatic carbocycles. The zero-order valence-electron chi connectivity index (χ0n) is 16.7. The molecule has 1 atom stereocenters. The standard InChI is InChI=1S/C22H23FN2O5/c1-29-20-7-6-14(8-21(20)30-19-4-2-3-5-19)15-9-22(26)24(13-15)17-10-16(23)11-18(12-17)25(27)28/h6-8,10-12,15,19H,2-5,9,13H2,1H3/t15-/m0/s1. The number of anilines is 1. The molecule has 30 heavy (non-hydrogen) atoms.